The molecule has 2 aliphatic rings. The van der Waals surface area contributed by atoms with Crippen molar-refractivity contribution in [2.75, 3.05) is 45.3 Å². The van der Waals surface area contributed by atoms with Gasteiger partial charge in [0.05, 0.1) is 37.6 Å². The largest absolute Gasteiger partial charge is 0.493 e. The van der Waals surface area contributed by atoms with Crippen LogP contribution in [-0.2, 0) is 6.54 Å². The second kappa shape index (κ2) is 10.6. The molecule has 0 bridgehead atoms. The van der Waals surface area contributed by atoms with Crippen LogP contribution < -0.4 is 14.4 Å². The van der Waals surface area contributed by atoms with Gasteiger partial charge in [-0.2, -0.15) is 0 Å². The molecule has 2 aliphatic heterocycles. The topological polar surface area (TPSA) is 62.3 Å². The Morgan fingerprint density at radius 3 is 2.22 bits per heavy atom. The van der Waals surface area contributed by atoms with Crippen molar-refractivity contribution in [3.63, 3.8) is 0 Å². The summed E-state index contributed by atoms with van der Waals surface area (Å²) in [7, 11) is 3.13. The zero-order chi connectivity index (χ0) is 26.1. The molecule has 0 aromatic heterocycles. The summed E-state index contributed by atoms with van der Waals surface area (Å²) in [4.78, 5) is 33.0. The highest BCUT2D eigenvalue weighted by Crippen LogP contribution is 2.37. The normalized spacial score (nSPS) is 16.6. The number of piperazine rings is 1. The molecule has 0 spiro atoms. The fraction of sp³-hybridized carbons (Fsp3) is 0.310. The van der Waals surface area contributed by atoms with Crippen LogP contribution in [0.2, 0.25) is 0 Å². The lowest BCUT2D eigenvalue weighted by Gasteiger charge is -2.39. The minimum atomic E-state index is -0.278. The van der Waals surface area contributed by atoms with Crippen molar-refractivity contribution in [2.45, 2.75) is 19.5 Å². The smallest absolute Gasteiger partial charge is 0.263 e. The van der Waals surface area contributed by atoms with Gasteiger partial charge in [-0.15, -0.1) is 0 Å². The molecule has 1 saturated heterocycles. The number of carbonyl (C=O) groups excluding carboxylic acids is 2. The predicted octanol–water partition coefficient (Wildman–Crippen LogP) is 5.15. The van der Waals surface area contributed by atoms with Crippen molar-refractivity contribution in [2.24, 2.45) is 0 Å². The van der Waals surface area contributed by atoms with Crippen molar-refractivity contribution >= 4 is 33.4 Å². The summed E-state index contributed by atoms with van der Waals surface area (Å²) in [5, 5.41) is 0. The van der Waals surface area contributed by atoms with Gasteiger partial charge < -0.3 is 14.4 Å². The van der Waals surface area contributed by atoms with Crippen LogP contribution in [0.4, 0.5) is 5.69 Å². The Hall–Kier alpha value is -3.36. The number of imide groups is 1. The summed E-state index contributed by atoms with van der Waals surface area (Å²) in [5.41, 5.74) is 3.84. The molecule has 2 amide bonds. The summed E-state index contributed by atoms with van der Waals surface area (Å²) in [6.07, 6.45) is 0. The standard InChI is InChI=1S/C29H30BrN3O4/c1-19(20-8-5-4-6-9-20)31-12-14-32(15-13-31)24-11-7-10-22-27(24)29(35)33(28(22)34)18-21-16-25(36-2)26(37-3)17-23(21)30/h4-11,16-17,19H,12-15,18H2,1-3H3/t19-/m1/s1. The number of nitrogens with zero attached hydrogens (tertiary/aromatic N) is 3. The first-order chi connectivity index (χ1) is 17.9. The van der Waals surface area contributed by atoms with Crippen LogP contribution in [0.25, 0.3) is 0 Å². The number of amides is 2. The van der Waals surface area contributed by atoms with Crippen molar-refractivity contribution in [3.8, 4) is 11.5 Å². The van der Waals surface area contributed by atoms with Gasteiger partial charge in [0.25, 0.3) is 11.8 Å². The van der Waals surface area contributed by atoms with E-state index in [1.807, 2.05) is 18.2 Å². The lowest BCUT2D eigenvalue weighted by atomic mass is 10.0. The van der Waals surface area contributed by atoms with Gasteiger partial charge in [-0.05, 0) is 42.3 Å². The number of carbonyl (C=O) groups is 2. The molecular formula is C29H30BrN3O4. The van der Waals surface area contributed by atoms with E-state index in [4.69, 9.17) is 9.47 Å². The minimum absolute atomic E-state index is 0.134. The number of hydrogen-bond donors (Lipinski definition) is 0. The lowest BCUT2D eigenvalue weighted by molar-refractivity contribution is 0.0642. The highest BCUT2D eigenvalue weighted by molar-refractivity contribution is 9.10. The number of anilines is 1. The number of ether oxygens (including phenoxy) is 2. The van der Waals surface area contributed by atoms with Gasteiger partial charge in [0.2, 0.25) is 0 Å². The summed E-state index contributed by atoms with van der Waals surface area (Å²) < 4.78 is 11.5. The molecule has 1 atom stereocenters. The molecule has 0 saturated carbocycles. The van der Waals surface area contributed by atoms with E-state index in [0.717, 1.165) is 41.9 Å². The maximum Gasteiger partial charge on any atom is 0.263 e. The molecule has 3 aromatic carbocycles. The van der Waals surface area contributed by atoms with Crippen molar-refractivity contribution < 1.29 is 19.1 Å². The molecule has 192 valence electrons. The minimum Gasteiger partial charge on any atom is -0.493 e. The van der Waals surface area contributed by atoms with Crippen LogP contribution in [-0.4, -0.2) is 62.0 Å². The fourth-order valence-corrected chi connectivity index (χ4v) is 5.65. The van der Waals surface area contributed by atoms with Crippen LogP contribution in [0, 0.1) is 0 Å². The zero-order valence-corrected chi connectivity index (χ0v) is 22.8. The van der Waals surface area contributed by atoms with Gasteiger partial charge in [0, 0.05) is 36.7 Å². The van der Waals surface area contributed by atoms with Crippen LogP contribution in [0.3, 0.4) is 0 Å². The molecule has 0 aliphatic carbocycles. The van der Waals surface area contributed by atoms with E-state index in [0.29, 0.717) is 28.7 Å². The molecule has 0 radical (unpaired) electrons. The van der Waals surface area contributed by atoms with E-state index in [9.17, 15) is 9.59 Å². The maximum atomic E-state index is 13.6. The Kier molecular flexibility index (Phi) is 7.22. The quantitative estimate of drug-likeness (QED) is 0.371. The van der Waals surface area contributed by atoms with E-state index in [1.54, 1.807) is 32.4 Å². The van der Waals surface area contributed by atoms with Gasteiger partial charge in [-0.3, -0.25) is 19.4 Å². The monoisotopic (exact) mass is 563 g/mol. The van der Waals surface area contributed by atoms with E-state index in [1.165, 1.54) is 10.5 Å². The molecule has 3 aromatic rings. The number of methoxy groups -OCH3 is 2. The average Bonchev–Trinajstić information content (AvgIpc) is 3.18. The SMILES string of the molecule is COc1cc(Br)c(CN2C(=O)c3cccc(N4CCN([C@H](C)c5ccccc5)CC4)c3C2=O)cc1OC. The predicted molar refractivity (Wildman–Crippen MR) is 147 cm³/mol. The number of rotatable bonds is 7. The molecule has 37 heavy (non-hydrogen) atoms. The summed E-state index contributed by atoms with van der Waals surface area (Å²) in [5.74, 6) is 0.571. The maximum absolute atomic E-state index is 13.6. The third-order valence-electron chi connectivity index (χ3n) is 7.34. The highest BCUT2D eigenvalue weighted by atomic mass is 79.9. The Bertz CT molecular complexity index is 1320. The Morgan fingerprint density at radius 2 is 1.54 bits per heavy atom. The molecule has 8 heteroatoms. The Balaban J connectivity index is 1.35. The zero-order valence-electron chi connectivity index (χ0n) is 21.2. The third-order valence-corrected chi connectivity index (χ3v) is 8.08. The summed E-state index contributed by atoms with van der Waals surface area (Å²) in [6, 6.07) is 20.0. The molecule has 1 fully saturated rings. The van der Waals surface area contributed by atoms with Gasteiger partial charge in [-0.1, -0.05) is 52.3 Å². The van der Waals surface area contributed by atoms with Crippen LogP contribution in [0.5, 0.6) is 11.5 Å². The summed E-state index contributed by atoms with van der Waals surface area (Å²) >= 11 is 3.55. The Labute approximate surface area is 225 Å². The molecule has 2 heterocycles. The first kappa shape index (κ1) is 25.3. The van der Waals surface area contributed by atoms with Gasteiger partial charge >= 0.3 is 0 Å². The molecular weight excluding hydrogens is 534 g/mol. The highest BCUT2D eigenvalue weighted by Gasteiger charge is 2.39. The molecule has 0 N–H and O–H groups in total. The first-order valence-electron chi connectivity index (χ1n) is 12.4. The second-order valence-corrected chi connectivity index (χ2v) is 10.2. The van der Waals surface area contributed by atoms with E-state index in [2.05, 4.69) is 56.9 Å². The third kappa shape index (κ3) is 4.71. The van der Waals surface area contributed by atoms with Crippen LogP contribution in [0.1, 0.15) is 44.8 Å². The molecule has 0 unspecified atom stereocenters. The lowest BCUT2D eigenvalue weighted by Crippen LogP contribution is -2.47. The number of halogens is 1. The second-order valence-electron chi connectivity index (χ2n) is 9.30. The summed E-state index contributed by atoms with van der Waals surface area (Å²) in [6.45, 7) is 5.70. The first-order valence-corrected chi connectivity index (χ1v) is 13.2. The fourth-order valence-electron chi connectivity index (χ4n) is 5.20. The van der Waals surface area contributed by atoms with Gasteiger partial charge in [-0.25, -0.2) is 0 Å². The Morgan fingerprint density at radius 1 is 0.865 bits per heavy atom. The van der Waals surface area contributed by atoms with Gasteiger partial charge in [0.15, 0.2) is 11.5 Å². The molecule has 7 nitrogen and oxygen atoms in total. The average molecular weight is 564 g/mol. The van der Waals surface area contributed by atoms with E-state index >= 15 is 0 Å². The van der Waals surface area contributed by atoms with Crippen molar-refractivity contribution in [1.82, 2.24) is 9.80 Å². The van der Waals surface area contributed by atoms with Crippen LogP contribution >= 0.6 is 15.9 Å². The number of hydrogen-bond acceptors (Lipinski definition) is 6. The van der Waals surface area contributed by atoms with Crippen molar-refractivity contribution in [3.05, 3.63) is 87.4 Å². The molecule has 5 rings (SSSR count). The number of benzene rings is 3. The van der Waals surface area contributed by atoms with E-state index in [-0.39, 0.29) is 18.4 Å². The van der Waals surface area contributed by atoms with Gasteiger partial charge in [0.1, 0.15) is 0 Å². The van der Waals surface area contributed by atoms with Crippen molar-refractivity contribution in [1.29, 1.82) is 0 Å². The van der Waals surface area contributed by atoms with E-state index < -0.39 is 0 Å². The van der Waals surface area contributed by atoms with Crippen LogP contribution in [0.15, 0.2) is 65.1 Å². The number of fused-ring (bicyclic) bond motifs is 1.